The molecule has 42 heavy (non-hydrogen) atoms. The van der Waals surface area contributed by atoms with Crippen LogP contribution in [0, 0.1) is 0 Å². The second kappa shape index (κ2) is 18.3. The normalized spacial score (nSPS) is 11.1. The van der Waals surface area contributed by atoms with E-state index in [0.717, 1.165) is 78.5 Å². The molecular weight excluding hydrogens is 528 g/mol. The number of esters is 2. The zero-order chi connectivity index (χ0) is 30.2. The molecule has 0 N–H and O–H groups in total. The van der Waals surface area contributed by atoms with Crippen molar-refractivity contribution in [1.29, 1.82) is 0 Å². The predicted molar refractivity (Wildman–Crippen MR) is 171 cm³/mol. The summed E-state index contributed by atoms with van der Waals surface area (Å²) in [5.74, 6) is 0.529. The van der Waals surface area contributed by atoms with Gasteiger partial charge in [-0.15, -0.1) is 0 Å². The highest BCUT2D eigenvalue weighted by Crippen LogP contribution is 2.45. The van der Waals surface area contributed by atoms with E-state index in [1.165, 1.54) is 31.2 Å². The van der Waals surface area contributed by atoms with Crippen LogP contribution in [-0.2, 0) is 31.9 Å². The number of hydrogen-bond donors (Lipinski definition) is 0. The number of benzene rings is 3. The van der Waals surface area contributed by atoms with Crippen LogP contribution < -0.4 is 9.47 Å². The molecule has 0 aliphatic carbocycles. The summed E-state index contributed by atoms with van der Waals surface area (Å²) in [7, 11) is 0. The molecule has 0 amide bonds. The molecule has 0 bridgehead atoms. The van der Waals surface area contributed by atoms with Crippen LogP contribution in [0.1, 0.15) is 103 Å². The third-order valence-electron chi connectivity index (χ3n) is 7.65. The van der Waals surface area contributed by atoms with Crippen molar-refractivity contribution in [3.05, 3.63) is 47.5 Å². The smallest absolute Gasteiger partial charge is 0.344 e. The molecule has 0 aromatic heterocycles. The summed E-state index contributed by atoms with van der Waals surface area (Å²) < 4.78 is 23.4. The maximum Gasteiger partial charge on any atom is 0.344 e. The Kier molecular flexibility index (Phi) is 14.5. The van der Waals surface area contributed by atoms with Crippen molar-refractivity contribution in [3.8, 4) is 11.5 Å². The Bertz CT molecular complexity index is 1280. The molecule has 0 heterocycles. The summed E-state index contributed by atoms with van der Waals surface area (Å²) >= 11 is 0. The fourth-order valence-corrected chi connectivity index (χ4v) is 5.29. The minimum absolute atomic E-state index is 0.169. The monoisotopic (exact) mass is 578 g/mol. The first kappa shape index (κ1) is 33.2. The fourth-order valence-electron chi connectivity index (χ4n) is 5.29. The molecule has 3 aromatic rings. The quantitative estimate of drug-likeness (QED) is 0.0757. The number of unbranched alkanes of at least 4 members (excludes halogenated alkanes) is 8. The lowest BCUT2D eigenvalue weighted by Crippen LogP contribution is -2.17. The maximum absolute atomic E-state index is 12.6. The van der Waals surface area contributed by atoms with Gasteiger partial charge in [-0.3, -0.25) is 0 Å². The third-order valence-corrected chi connectivity index (χ3v) is 7.65. The number of carbonyl (C=O) groups is 2. The number of rotatable bonds is 20. The van der Waals surface area contributed by atoms with Gasteiger partial charge < -0.3 is 18.9 Å². The summed E-state index contributed by atoms with van der Waals surface area (Å²) in [6, 6.07) is 12.1. The first-order chi connectivity index (χ1) is 20.5. The van der Waals surface area contributed by atoms with Gasteiger partial charge in [-0.1, -0.05) is 109 Å². The summed E-state index contributed by atoms with van der Waals surface area (Å²) in [5, 5.41) is 3.43. The number of ether oxygens (including phenoxy) is 4. The van der Waals surface area contributed by atoms with E-state index in [2.05, 4.69) is 39.8 Å². The SMILES string of the molecule is CCCCCCCOC(=O)COc1c2ccccc2c(OCC(=O)OCCCCCCC)c2c(CC)cc(CC)cc12. The molecule has 0 atom stereocenters. The summed E-state index contributed by atoms with van der Waals surface area (Å²) in [6.45, 7) is 9.08. The Morgan fingerprint density at radius 2 is 1.12 bits per heavy atom. The molecular formula is C36H50O6. The van der Waals surface area contributed by atoms with Crippen molar-refractivity contribution in [1.82, 2.24) is 0 Å². The van der Waals surface area contributed by atoms with Gasteiger partial charge in [-0.25, -0.2) is 9.59 Å². The van der Waals surface area contributed by atoms with E-state index >= 15 is 0 Å². The largest absolute Gasteiger partial charge is 0.481 e. The minimum Gasteiger partial charge on any atom is -0.481 e. The van der Waals surface area contributed by atoms with Crippen LogP contribution in [0.3, 0.4) is 0 Å². The van der Waals surface area contributed by atoms with Gasteiger partial charge in [-0.05, 0) is 42.9 Å². The van der Waals surface area contributed by atoms with E-state index in [1.807, 2.05) is 24.3 Å². The summed E-state index contributed by atoms with van der Waals surface area (Å²) in [6.07, 6.45) is 12.6. The molecule has 0 fully saturated rings. The lowest BCUT2D eigenvalue weighted by Gasteiger charge is -2.20. The highest BCUT2D eigenvalue weighted by atomic mass is 16.6. The van der Waals surface area contributed by atoms with Gasteiger partial charge in [0.1, 0.15) is 11.5 Å². The number of hydrogen-bond acceptors (Lipinski definition) is 6. The van der Waals surface area contributed by atoms with Crippen LogP contribution in [0.25, 0.3) is 21.5 Å². The predicted octanol–water partition coefficient (Wildman–Crippen LogP) is 8.90. The van der Waals surface area contributed by atoms with Crippen LogP contribution in [0.4, 0.5) is 0 Å². The van der Waals surface area contributed by atoms with Crippen LogP contribution in [-0.4, -0.2) is 38.4 Å². The molecule has 3 aromatic carbocycles. The molecule has 3 rings (SSSR count). The van der Waals surface area contributed by atoms with Gasteiger partial charge >= 0.3 is 11.9 Å². The number of carbonyl (C=O) groups excluding carboxylic acids is 2. The van der Waals surface area contributed by atoms with Crippen molar-refractivity contribution in [2.24, 2.45) is 0 Å². The Labute approximate surface area is 252 Å². The van der Waals surface area contributed by atoms with Crippen LogP contribution >= 0.6 is 0 Å². The van der Waals surface area contributed by atoms with E-state index in [1.54, 1.807) is 0 Å². The van der Waals surface area contributed by atoms with Crippen molar-refractivity contribution < 1.29 is 28.5 Å². The van der Waals surface area contributed by atoms with Crippen LogP contribution in [0.15, 0.2) is 36.4 Å². The van der Waals surface area contributed by atoms with Gasteiger partial charge in [0.15, 0.2) is 13.2 Å². The van der Waals surface area contributed by atoms with Crippen molar-refractivity contribution >= 4 is 33.5 Å². The van der Waals surface area contributed by atoms with Crippen LogP contribution in [0.5, 0.6) is 11.5 Å². The third kappa shape index (κ3) is 9.64. The highest BCUT2D eigenvalue weighted by Gasteiger charge is 2.21. The number of fused-ring (bicyclic) bond motifs is 2. The van der Waals surface area contributed by atoms with Crippen molar-refractivity contribution in [3.63, 3.8) is 0 Å². The molecule has 0 aliphatic rings. The Morgan fingerprint density at radius 3 is 1.64 bits per heavy atom. The first-order valence-corrected chi connectivity index (χ1v) is 16.1. The van der Waals surface area contributed by atoms with Gasteiger partial charge in [0, 0.05) is 21.5 Å². The van der Waals surface area contributed by atoms with Crippen molar-refractivity contribution in [2.75, 3.05) is 26.4 Å². The second-order valence-electron chi connectivity index (χ2n) is 10.9. The first-order valence-electron chi connectivity index (χ1n) is 16.1. The summed E-state index contributed by atoms with van der Waals surface area (Å²) in [4.78, 5) is 25.2. The van der Waals surface area contributed by atoms with E-state index in [0.29, 0.717) is 24.7 Å². The van der Waals surface area contributed by atoms with Crippen molar-refractivity contribution in [2.45, 2.75) is 105 Å². The van der Waals surface area contributed by atoms with Gasteiger partial charge in [-0.2, -0.15) is 0 Å². The average Bonchev–Trinajstić information content (AvgIpc) is 3.01. The number of aryl methyl sites for hydroxylation is 2. The fraction of sp³-hybridized carbons (Fsp3) is 0.556. The molecule has 230 valence electrons. The van der Waals surface area contributed by atoms with Crippen LogP contribution in [0.2, 0.25) is 0 Å². The molecule has 6 heteroatoms. The Morgan fingerprint density at radius 1 is 0.595 bits per heavy atom. The van der Waals surface area contributed by atoms with Gasteiger partial charge in [0.05, 0.1) is 13.2 Å². The highest BCUT2D eigenvalue weighted by molar-refractivity contribution is 6.12. The summed E-state index contributed by atoms with van der Waals surface area (Å²) in [5.41, 5.74) is 2.27. The minimum atomic E-state index is -0.372. The standard InChI is InChI=1S/C36H50O6/c1-5-9-11-13-17-21-39-32(37)25-41-35-29-19-15-16-20-30(29)36(34-28(8-4)23-27(7-3)24-31(34)35)42-26-33(38)40-22-18-14-12-10-6-2/h15-16,19-20,23-24H,5-14,17-18,21-22,25-26H2,1-4H3. The molecule has 0 aliphatic heterocycles. The Balaban J connectivity index is 1.85. The zero-order valence-electron chi connectivity index (χ0n) is 26.2. The molecule has 0 spiro atoms. The Hall–Kier alpha value is -3.28. The molecule has 0 saturated carbocycles. The van der Waals surface area contributed by atoms with E-state index in [9.17, 15) is 9.59 Å². The van der Waals surface area contributed by atoms with E-state index in [4.69, 9.17) is 18.9 Å². The molecule has 0 radical (unpaired) electrons. The maximum atomic E-state index is 12.6. The lowest BCUT2D eigenvalue weighted by atomic mass is 9.93. The van der Waals surface area contributed by atoms with Gasteiger partial charge in [0.2, 0.25) is 0 Å². The lowest BCUT2D eigenvalue weighted by molar-refractivity contribution is -0.147. The topological polar surface area (TPSA) is 71.1 Å². The second-order valence-corrected chi connectivity index (χ2v) is 10.9. The molecule has 0 saturated heterocycles. The van der Waals surface area contributed by atoms with Gasteiger partial charge in [0.25, 0.3) is 0 Å². The zero-order valence-corrected chi connectivity index (χ0v) is 26.2. The molecule has 6 nitrogen and oxygen atoms in total. The molecule has 0 unspecified atom stereocenters. The van der Waals surface area contributed by atoms with E-state index in [-0.39, 0.29) is 25.2 Å². The van der Waals surface area contributed by atoms with E-state index < -0.39 is 0 Å². The average molecular weight is 579 g/mol.